The largest absolute Gasteiger partial charge is 0.483 e. The van der Waals surface area contributed by atoms with Crippen LogP contribution in [0.3, 0.4) is 0 Å². The topological polar surface area (TPSA) is 95.9 Å². The van der Waals surface area contributed by atoms with Crippen LogP contribution in [0.5, 0.6) is 5.75 Å². The molecule has 0 atom stereocenters. The first-order chi connectivity index (χ1) is 14.3. The van der Waals surface area contributed by atoms with E-state index in [1.54, 1.807) is 24.3 Å². The predicted molar refractivity (Wildman–Crippen MR) is 114 cm³/mol. The highest BCUT2D eigenvalue weighted by molar-refractivity contribution is 8.26. The minimum Gasteiger partial charge on any atom is -0.483 e. The van der Waals surface area contributed by atoms with Crippen molar-refractivity contribution in [3.05, 3.63) is 64.8 Å². The van der Waals surface area contributed by atoms with Gasteiger partial charge in [0, 0.05) is 11.3 Å². The zero-order valence-corrected chi connectivity index (χ0v) is 17.0. The van der Waals surface area contributed by atoms with Crippen LogP contribution in [-0.2, 0) is 14.4 Å². The molecule has 7 nitrogen and oxygen atoms in total. The number of amides is 2. The number of hydrogen-bond donors (Lipinski definition) is 2. The van der Waals surface area contributed by atoms with Crippen molar-refractivity contribution in [3.63, 3.8) is 0 Å². The van der Waals surface area contributed by atoms with Crippen LogP contribution in [0.15, 0.2) is 53.4 Å². The van der Waals surface area contributed by atoms with Gasteiger partial charge in [-0.1, -0.05) is 42.2 Å². The molecule has 2 N–H and O–H groups in total. The molecule has 0 saturated carbocycles. The van der Waals surface area contributed by atoms with E-state index in [0.717, 1.165) is 16.7 Å². The fraction of sp³-hybridized carbons (Fsp3) is 0.100. The summed E-state index contributed by atoms with van der Waals surface area (Å²) in [7, 11) is 0. The van der Waals surface area contributed by atoms with Gasteiger partial charge in [0.1, 0.15) is 22.4 Å². The number of para-hydroxylation sites is 1. The molecule has 0 aromatic heterocycles. The lowest BCUT2D eigenvalue weighted by Gasteiger charge is -2.11. The molecule has 1 aliphatic rings. The van der Waals surface area contributed by atoms with Crippen LogP contribution in [0.4, 0.5) is 10.1 Å². The van der Waals surface area contributed by atoms with E-state index < -0.39 is 30.1 Å². The maximum atomic E-state index is 12.9. The molecule has 1 fully saturated rings. The highest BCUT2D eigenvalue weighted by Crippen LogP contribution is 2.34. The zero-order valence-electron chi connectivity index (χ0n) is 15.3. The first-order valence-electron chi connectivity index (χ1n) is 8.58. The maximum absolute atomic E-state index is 12.9. The van der Waals surface area contributed by atoms with E-state index >= 15 is 0 Å². The summed E-state index contributed by atoms with van der Waals surface area (Å²) < 4.78 is 18.7. The summed E-state index contributed by atoms with van der Waals surface area (Å²) in [6.07, 6.45) is 1.54. The lowest BCUT2D eigenvalue weighted by Crippen LogP contribution is -2.33. The monoisotopic (exact) mass is 446 g/mol. The number of carbonyl (C=O) groups excluding carboxylic acids is 2. The average molecular weight is 446 g/mol. The molecule has 154 valence electrons. The van der Waals surface area contributed by atoms with Crippen LogP contribution < -0.4 is 10.1 Å². The van der Waals surface area contributed by atoms with Gasteiger partial charge in [0.25, 0.3) is 11.8 Å². The highest BCUT2D eigenvalue weighted by Gasteiger charge is 2.33. The average Bonchev–Trinajstić information content (AvgIpc) is 2.96. The number of anilines is 1. The Hall–Kier alpha value is -3.24. The van der Waals surface area contributed by atoms with Crippen molar-refractivity contribution in [3.8, 4) is 5.75 Å². The standard InChI is InChI=1S/C20H15FN2O5S2/c21-13-5-7-14(8-6-13)22-17(24)11-28-15-4-2-1-3-12(15)9-16-19(27)23(10-18(25)26)20(29)30-16/h1-9H,10-11H2,(H,22,24)(H,25,26)/b16-9-. The van der Waals surface area contributed by atoms with Gasteiger partial charge in [-0.25, -0.2) is 4.39 Å². The minimum atomic E-state index is -1.16. The normalized spacial score (nSPS) is 14.8. The molecular formula is C20H15FN2O5S2. The molecule has 3 rings (SSSR count). The first kappa shape index (κ1) is 21.5. The summed E-state index contributed by atoms with van der Waals surface area (Å²) in [6.45, 7) is -0.814. The summed E-state index contributed by atoms with van der Waals surface area (Å²) in [4.78, 5) is 36.7. The Balaban J connectivity index is 1.69. The van der Waals surface area contributed by atoms with E-state index in [9.17, 15) is 18.8 Å². The van der Waals surface area contributed by atoms with Gasteiger partial charge in [-0.3, -0.25) is 19.3 Å². The van der Waals surface area contributed by atoms with Gasteiger partial charge in [-0.15, -0.1) is 0 Å². The number of nitrogens with zero attached hydrogens (tertiary/aromatic N) is 1. The van der Waals surface area contributed by atoms with E-state index in [1.807, 2.05) is 0 Å². The Labute approximate surface area is 180 Å². The van der Waals surface area contributed by atoms with E-state index in [4.69, 9.17) is 22.1 Å². The van der Waals surface area contributed by atoms with Crippen molar-refractivity contribution in [2.75, 3.05) is 18.5 Å². The summed E-state index contributed by atoms with van der Waals surface area (Å²) in [5.74, 6) is -2.16. The molecule has 2 aromatic rings. The molecule has 0 radical (unpaired) electrons. The van der Waals surface area contributed by atoms with Gasteiger partial charge < -0.3 is 15.2 Å². The second-order valence-corrected chi connectivity index (χ2v) is 7.72. The number of hydrogen-bond acceptors (Lipinski definition) is 6. The number of nitrogens with one attached hydrogen (secondary N) is 1. The smallest absolute Gasteiger partial charge is 0.323 e. The lowest BCUT2D eigenvalue weighted by molar-refractivity contribution is -0.140. The second kappa shape index (κ2) is 9.51. The molecule has 0 aliphatic carbocycles. The molecule has 1 saturated heterocycles. The summed E-state index contributed by atoms with van der Waals surface area (Å²) >= 11 is 6.07. The molecule has 10 heteroatoms. The van der Waals surface area contributed by atoms with Gasteiger partial charge in [-0.05, 0) is 36.4 Å². The first-order valence-corrected chi connectivity index (χ1v) is 9.80. The Morgan fingerprint density at radius 1 is 1.20 bits per heavy atom. The SMILES string of the molecule is O=C(O)CN1C(=O)/C(=C/c2ccccc2OCC(=O)Nc2ccc(F)cc2)SC1=S. The predicted octanol–water partition coefficient (Wildman–Crippen LogP) is 3.13. The van der Waals surface area contributed by atoms with Crippen LogP contribution in [-0.4, -0.2) is 45.3 Å². The summed E-state index contributed by atoms with van der Waals surface area (Å²) in [5.41, 5.74) is 0.961. The lowest BCUT2D eigenvalue weighted by atomic mass is 10.2. The number of thioether (sulfide) groups is 1. The second-order valence-electron chi connectivity index (χ2n) is 6.04. The van der Waals surface area contributed by atoms with Crippen LogP contribution in [0.25, 0.3) is 6.08 Å². The van der Waals surface area contributed by atoms with E-state index in [-0.39, 0.29) is 15.8 Å². The Kier molecular flexibility index (Phi) is 6.80. The quantitative estimate of drug-likeness (QED) is 0.498. The Morgan fingerprint density at radius 3 is 2.60 bits per heavy atom. The highest BCUT2D eigenvalue weighted by atomic mass is 32.2. The van der Waals surface area contributed by atoms with E-state index in [0.29, 0.717) is 17.0 Å². The Bertz CT molecular complexity index is 1040. The third-order valence-corrected chi connectivity index (χ3v) is 5.24. The van der Waals surface area contributed by atoms with Crippen molar-refractivity contribution in [2.24, 2.45) is 0 Å². The van der Waals surface area contributed by atoms with Gasteiger partial charge in [-0.2, -0.15) is 0 Å². The number of carboxylic acids is 1. The van der Waals surface area contributed by atoms with Crippen molar-refractivity contribution in [1.29, 1.82) is 0 Å². The van der Waals surface area contributed by atoms with Gasteiger partial charge >= 0.3 is 5.97 Å². The summed E-state index contributed by atoms with van der Waals surface area (Å²) in [6, 6.07) is 12.1. The van der Waals surface area contributed by atoms with E-state index in [2.05, 4.69) is 5.32 Å². The maximum Gasteiger partial charge on any atom is 0.323 e. The van der Waals surface area contributed by atoms with Crippen molar-refractivity contribution in [2.45, 2.75) is 0 Å². The molecular weight excluding hydrogens is 431 g/mol. The van der Waals surface area contributed by atoms with Gasteiger partial charge in [0.05, 0.1) is 4.91 Å². The molecule has 30 heavy (non-hydrogen) atoms. The number of carboxylic acid groups (broad SMARTS) is 1. The molecule has 0 spiro atoms. The molecule has 2 amide bonds. The molecule has 1 aliphatic heterocycles. The van der Waals surface area contributed by atoms with Gasteiger partial charge in [0.15, 0.2) is 6.61 Å². The zero-order chi connectivity index (χ0) is 21.7. The van der Waals surface area contributed by atoms with E-state index in [1.165, 1.54) is 30.3 Å². The van der Waals surface area contributed by atoms with Crippen LogP contribution in [0.2, 0.25) is 0 Å². The Morgan fingerprint density at radius 2 is 1.90 bits per heavy atom. The van der Waals surface area contributed by atoms with Crippen LogP contribution in [0.1, 0.15) is 5.56 Å². The van der Waals surface area contributed by atoms with Crippen molar-refractivity contribution >= 4 is 57.8 Å². The van der Waals surface area contributed by atoms with Gasteiger partial charge in [0.2, 0.25) is 0 Å². The number of ether oxygens (including phenoxy) is 1. The molecule has 1 heterocycles. The molecule has 0 bridgehead atoms. The minimum absolute atomic E-state index is 0.158. The molecule has 0 unspecified atom stereocenters. The van der Waals surface area contributed by atoms with Crippen molar-refractivity contribution in [1.82, 2.24) is 4.90 Å². The third kappa shape index (κ3) is 5.43. The number of benzene rings is 2. The number of halogens is 1. The number of rotatable bonds is 7. The molecule has 2 aromatic carbocycles. The fourth-order valence-electron chi connectivity index (χ4n) is 2.52. The van der Waals surface area contributed by atoms with Crippen LogP contribution in [0, 0.1) is 5.82 Å². The van der Waals surface area contributed by atoms with Crippen molar-refractivity contribution < 1.29 is 28.6 Å². The number of thiocarbonyl (C=S) groups is 1. The number of carbonyl (C=O) groups is 3. The fourth-order valence-corrected chi connectivity index (χ4v) is 3.76. The summed E-state index contributed by atoms with van der Waals surface area (Å²) in [5, 5.41) is 11.5. The third-order valence-electron chi connectivity index (χ3n) is 3.86. The number of aliphatic carboxylic acids is 1. The van der Waals surface area contributed by atoms with Crippen LogP contribution >= 0.6 is 24.0 Å².